The van der Waals surface area contributed by atoms with Gasteiger partial charge in [0.05, 0.1) is 5.58 Å². The van der Waals surface area contributed by atoms with Crippen molar-refractivity contribution in [2.24, 2.45) is 5.41 Å². The first-order valence-corrected chi connectivity index (χ1v) is 23.2. The van der Waals surface area contributed by atoms with Crippen molar-refractivity contribution in [1.82, 2.24) is 24.9 Å². The van der Waals surface area contributed by atoms with Gasteiger partial charge in [-0.1, -0.05) is 135 Å². The summed E-state index contributed by atoms with van der Waals surface area (Å²) in [5.41, 5.74) is 11.2. The SMILES string of the molecule is Cc1cnc(-c2[c-]ccc3c2oc2cc4ccc5ccccc5c4cc23)cc1-c1c(C)cc(-c2nc(C(C)(C)C)nc(C(C)(C)C)n2)cc1C.[2H]C([2H])([2H])c1c[c-]c(-c2ccc(C([2H])([2H])C(C)(C)C)cn2)cc1.[Ir]. The standard InChI is InChI=1S/C45H41N4O.C17H20N.Ir/c1-25-19-30(41-47-42(44(4,5)6)49-43(48-41)45(7,8)9)20-26(2)39(25)34-23-37(46-24-27(34)3)33-16-12-15-32-36-22-35-29(21-38(36)50-40(32)33)18-17-28-13-10-11-14-31(28)35;1-13-5-8-15(9-6-13)16-10-7-14(12-18-16)11-17(2,3)4;/h10-15,17-24H,1-9H3;5-8,10,12H,11H2,1-4H3;/q2*-1;/i;1D3,11D2;. The number of nitrogens with zero attached hydrogens (tertiary/aromatic N) is 5. The molecule has 6 aromatic carbocycles. The van der Waals surface area contributed by atoms with Gasteiger partial charge in [-0.2, -0.15) is 0 Å². The van der Waals surface area contributed by atoms with Crippen molar-refractivity contribution in [1.29, 1.82) is 0 Å². The summed E-state index contributed by atoms with van der Waals surface area (Å²) < 4.78 is 45.2. The van der Waals surface area contributed by atoms with Crippen LogP contribution in [0.3, 0.4) is 0 Å². The van der Waals surface area contributed by atoms with E-state index >= 15 is 0 Å². The second kappa shape index (κ2) is 18.8. The Morgan fingerprint density at radius 1 is 0.623 bits per heavy atom. The van der Waals surface area contributed by atoms with Crippen LogP contribution in [0.25, 0.3) is 88.5 Å². The van der Waals surface area contributed by atoms with Crippen LogP contribution in [0.4, 0.5) is 0 Å². The van der Waals surface area contributed by atoms with Crippen molar-refractivity contribution in [3.63, 3.8) is 0 Å². The molecular weight excluding hydrogens is 1020 g/mol. The number of aryl methyl sites for hydroxylation is 4. The minimum absolute atomic E-state index is 0. The fourth-order valence-electron chi connectivity index (χ4n) is 8.70. The Hall–Kier alpha value is -6.40. The fourth-order valence-corrected chi connectivity index (χ4v) is 8.70. The zero-order valence-electron chi connectivity index (χ0n) is 46.5. The summed E-state index contributed by atoms with van der Waals surface area (Å²) >= 11 is 0. The van der Waals surface area contributed by atoms with Gasteiger partial charge >= 0.3 is 0 Å². The molecule has 10 rings (SSSR count). The van der Waals surface area contributed by atoms with E-state index in [0.717, 1.165) is 78.0 Å². The first-order chi connectivity index (χ1) is 34.2. The van der Waals surface area contributed by atoms with Crippen molar-refractivity contribution >= 4 is 43.5 Å². The predicted octanol–water partition coefficient (Wildman–Crippen LogP) is 16.2. The van der Waals surface area contributed by atoms with Crippen molar-refractivity contribution in [3.05, 3.63) is 173 Å². The number of aromatic nitrogens is 5. The number of furan rings is 1. The summed E-state index contributed by atoms with van der Waals surface area (Å²) in [7, 11) is 0. The molecule has 351 valence electrons. The fraction of sp³-hybridized carbons (Fsp3) is 0.274. The topological polar surface area (TPSA) is 77.6 Å². The third kappa shape index (κ3) is 10.3. The normalized spacial score (nSPS) is 13.5. The van der Waals surface area contributed by atoms with E-state index in [-0.39, 0.29) is 36.5 Å². The molecule has 0 aliphatic carbocycles. The molecule has 0 saturated heterocycles. The maximum atomic E-state index is 8.25. The average Bonchev–Trinajstić information content (AvgIpc) is 3.70. The minimum atomic E-state index is -2.14. The zero-order chi connectivity index (χ0) is 52.6. The van der Waals surface area contributed by atoms with E-state index in [2.05, 4.69) is 152 Å². The summed E-state index contributed by atoms with van der Waals surface area (Å²) in [5, 5.41) is 7.01. The Labute approximate surface area is 428 Å². The molecule has 7 heteroatoms. The molecule has 1 radical (unpaired) electrons. The van der Waals surface area contributed by atoms with Gasteiger partial charge in [0.15, 0.2) is 5.82 Å². The Balaban J connectivity index is 0.000000256. The van der Waals surface area contributed by atoms with E-state index in [9.17, 15) is 0 Å². The van der Waals surface area contributed by atoms with Crippen molar-refractivity contribution in [2.45, 2.75) is 107 Å². The van der Waals surface area contributed by atoms with Gasteiger partial charge in [-0.15, -0.1) is 53.6 Å². The van der Waals surface area contributed by atoms with Crippen LogP contribution >= 0.6 is 0 Å². The number of benzene rings is 6. The number of pyridine rings is 2. The van der Waals surface area contributed by atoms with Crippen LogP contribution in [0.1, 0.15) is 109 Å². The summed E-state index contributed by atoms with van der Waals surface area (Å²) in [6.07, 6.45) is 2.00. The minimum Gasteiger partial charge on any atom is -0.501 e. The van der Waals surface area contributed by atoms with Crippen LogP contribution in [-0.2, 0) is 37.3 Å². The summed E-state index contributed by atoms with van der Waals surface area (Å²) in [4.78, 5) is 24.1. The van der Waals surface area contributed by atoms with Crippen molar-refractivity contribution in [2.75, 3.05) is 0 Å². The monoisotopic (exact) mass is 1090 g/mol. The van der Waals surface area contributed by atoms with E-state index in [4.69, 9.17) is 31.2 Å². The van der Waals surface area contributed by atoms with Gasteiger partial charge in [0.25, 0.3) is 0 Å². The molecule has 0 amide bonds. The molecule has 0 spiro atoms. The molecule has 0 bridgehead atoms. The molecule has 0 N–H and O–H groups in total. The van der Waals surface area contributed by atoms with Gasteiger partial charge in [-0.25, -0.2) is 15.0 Å². The molecule has 6 nitrogen and oxygen atoms in total. The molecule has 0 saturated carbocycles. The van der Waals surface area contributed by atoms with Crippen molar-refractivity contribution < 1.29 is 31.4 Å². The third-order valence-corrected chi connectivity index (χ3v) is 12.1. The molecule has 4 aromatic heterocycles. The maximum absolute atomic E-state index is 8.25. The molecule has 10 aromatic rings. The first kappa shape index (κ1) is 42.7. The largest absolute Gasteiger partial charge is 0.501 e. The average molecular weight is 1090 g/mol. The Bertz CT molecular complexity index is 3680. The van der Waals surface area contributed by atoms with Gasteiger partial charge in [0, 0.05) is 61.1 Å². The van der Waals surface area contributed by atoms with Crippen LogP contribution in [0.15, 0.2) is 126 Å². The summed E-state index contributed by atoms with van der Waals surface area (Å²) in [6.45, 7) is 22.8. The number of hydrogen-bond donors (Lipinski definition) is 0. The molecule has 4 heterocycles. The van der Waals surface area contributed by atoms with Gasteiger partial charge in [0.1, 0.15) is 17.2 Å². The second-order valence-electron chi connectivity index (χ2n) is 21.0. The Morgan fingerprint density at radius 3 is 1.96 bits per heavy atom. The molecule has 0 unspecified atom stereocenters. The molecule has 0 atom stereocenters. The third-order valence-electron chi connectivity index (χ3n) is 12.1. The quantitative estimate of drug-likeness (QED) is 0.126. The van der Waals surface area contributed by atoms with Crippen LogP contribution in [0, 0.1) is 45.2 Å². The van der Waals surface area contributed by atoms with E-state index in [1.165, 1.54) is 34.0 Å². The van der Waals surface area contributed by atoms with Crippen molar-refractivity contribution in [3.8, 4) is 45.0 Å². The summed E-state index contributed by atoms with van der Waals surface area (Å²) in [5.74, 6) is 2.32. The van der Waals surface area contributed by atoms with E-state index < -0.39 is 18.6 Å². The van der Waals surface area contributed by atoms with Crippen LogP contribution in [-0.4, -0.2) is 24.9 Å². The van der Waals surface area contributed by atoms with Gasteiger partial charge in [-0.05, 0) is 123 Å². The van der Waals surface area contributed by atoms with Crippen LogP contribution < -0.4 is 0 Å². The molecular formula is C62H61IrN5O-2. The molecule has 0 aliphatic rings. The Morgan fingerprint density at radius 2 is 1.32 bits per heavy atom. The predicted molar refractivity (Wildman–Crippen MR) is 283 cm³/mol. The first-order valence-electron chi connectivity index (χ1n) is 25.7. The van der Waals surface area contributed by atoms with Crippen LogP contribution in [0.5, 0.6) is 0 Å². The van der Waals surface area contributed by atoms with Gasteiger partial charge in [0.2, 0.25) is 0 Å². The molecule has 0 aliphatic heterocycles. The van der Waals surface area contributed by atoms with E-state index in [1.54, 1.807) is 24.3 Å². The van der Waals surface area contributed by atoms with E-state index in [1.807, 2.05) is 33.0 Å². The maximum Gasteiger partial charge on any atom is 0.163 e. The number of fused-ring (bicyclic) bond motifs is 6. The van der Waals surface area contributed by atoms with Gasteiger partial charge in [-0.3, -0.25) is 0 Å². The number of hydrogen-bond acceptors (Lipinski definition) is 6. The smallest absolute Gasteiger partial charge is 0.163 e. The summed E-state index contributed by atoms with van der Waals surface area (Å²) in [6, 6.07) is 42.5. The zero-order valence-corrected chi connectivity index (χ0v) is 43.9. The number of rotatable bonds is 5. The van der Waals surface area contributed by atoms with Crippen LogP contribution in [0.2, 0.25) is 0 Å². The molecule has 69 heavy (non-hydrogen) atoms. The Kier molecular flexibility index (Phi) is 11.6. The van der Waals surface area contributed by atoms with E-state index in [0.29, 0.717) is 22.6 Å². The van der Waals surface area contributed by atoms with Gasteiger partial charge < -0.3 is 14.4 Å². The molecule has 0 fully saturated rings. The second-order valence-corrected chi connectivity index (χ2v) is 21.0.